The van der Waals surface area contributed by atoms with E-state index in [0.29, 0.717) is 12.1 Å². The third-order valence-corrected chi connectivity index (χ3v) is 5.25. The molecule has 0 aromatic heterocycles. The van der Waals surface area contributed by atoms with Crippen molar-refractivity contribution < 1.29 is 4.39 Å². The minimum atomic E-state index is -0.140. The van der Waals surface area contributed by atoms with Gasteiger partial charge >= 0.3 is 0 Å². The summed E-state index contributed by atoms with van der Waals surface area (Å²) in [5, 5.41) is 7.46. The molecule has 21 heavy (non-hydrogen) atoms. The molecule has 1 aromatic carbocycles. The highest BCUT2D eigenvalue weighted by molar-refractivity contribution is 5.19. The smallest absolute Gasteiger partial charge is 0.123 e. The van der Waals surface area contributed by atoms with Crippen molar-refractivity contribution in [1.29, 1.82) is 0 Å². The molecule has 4 atom stereocenters. The predicted molar refractivity (Wildman–Crippen MR) is 84.7 cm³/mol. The summed E-state index contributed by atoms with van der Waals surface area (Å²) in [6.07, 6.45) is 7.88. The zero-order chi connectivity index (χ0) is 14.7. The third-order valence-electron chi connectivity index (χ3n) is 5.25. The van der Waals surface area contributed by atoms with E-state index in [-0.39, 0.29) is 11.9 Å². The second-order valence-electron chi connectivity index (χ2n) is 6.70. The Labute approximate surface area is 127 Å². The first-order valence-corrected chi connectivity index (χ1v) is 8.49. The number of hydrogen-bond donors (Lipinski definition) is 2. The fraction of sp³-hybridized carbons (Fsp3) is 0.667. The lowest BCUT2D eigenvalue weighted by molar-refractivity contribution is 0.203. The van der Waals surface area contributed by atoms with E-state index in [0.717, 1.165) is 11.5 Å². The van der Waals surface area contributed by atoms with Gasteiger partial charge in [0.15, 0.2) is 0 Å². The molecular formula is C18H27FN2. The highest BCUT2D eigenvalue weighted by Gasteiger charge is 2.33. The second-order valence-corrected chi connectivity index (χ2v) is 6.70. The van der Waals surface area contributed by atoms with E-state index in [9.17, 15) is 4.39 Å². The Kier molecular flexibility index (Phi) is 4.91. The SMILES string of the molecule is CC(NC1CCCCC1C1CCCN1)c1cccc(F)c1. The first kappa shape index (κ1) is 15.0. The monoisotopic (exact) mass is 290 g/mol. The zero-order valence-electron chi connectivity index (χ0n) is 12.9. The molecule has 3 rings (SSSR count). The van der Waals surface area contributed by atoms with Crippen molar-refractivity contribution in [2.45, 2.75) is 63.6 Å². The Bertz CT molecular complexity index is 456. The molecule has 2 nitrogen and oxygen atoms in total. The van der Waals surface area contributed by atoms with E-state index in [2.05, 4.69) is 17.6 Å². The topological polar surface area (TPSA) is 24.1 Å². The van der Waals surface area contributed by atoms with Gasteiger partial charge in [-0.3, -0.25) is 0 Å². The normalized spacial score (nSPS) is 31.2. The van der Waals surface area contributed by atoms with Crippen molar-refractivity contribution in [1.82, 2.24) is 10.6 Å². The van der Waals surface area contributed by atoms with Crippen LogP contribution in [0.1, 0.15) is 57.1 Å². The van der Waals surface area contributed by atoms with Crippen LogP contribution in [0, 0.1) is 11.7 Å². The van der Waals surface area contributed by atoms with Crippen molar-refractivity contribution in [2.75, 3.05) is 6.54 Å². The van der Waals surface area contributed by atoms with Gasteiger partial charge in [0, 0.05) is 18.1 Å². The van der Waals surface area contributed by atoms with Crippen LogP contribution in [0.2, 0.25) is 0 Å². The molecule has 2 N–H and O–H groups in total. The molecule has 1 aliphatic carbocycles. The summed E-state index contributed by atoms with van der Waals surface area (Å²) in [6.45, 7) is 3.33. The number of rotatable bonds is 4. The van der Waals surface area contributed by atoms with Crippen LogP contribution in [0.4, 0.5) is 4.39 Å². The molecular weight excluding hydrogens is 263 g/mol. The Morgan fingerprint density at radius 1 is 1.19 bits per heavy atom. The van der Waals surface area contributed by atoms with Crippen molar-refractivity contribution in [2.24, 2.45) is 5.92 Å². The first-order valence-electron chi connectivity index (χ1n) is 8.49. The average molecular weight is 290 g/mol. The Morgan fingerprint density at radius 3 is 2.81 bits per heavy atom. The standard InChI is InChI=1S/C18H27FN2/c1-13(14-6-4-7-15(19)12-14)21-18-9-3-2-8-16(18)17-10-5-11-20-17/h4,6-7,12-13,16-18,20-21H,2-3,5,8-11H2,1H3. The summed E-state index contributed by atoms with van der Waals surface area (Å²) < 4.78 is 13.4. The van der Waals surface area contributed by atoms with E-state index in [1.165, 1.54) is 51.1 Å². The third kappa shape index (κ3) is 3.64. The van der Waals surface area contributed by atoms with E-state index < -0.39 is 0 Å². The molecule has 3 heteroatoms. The van der Waals surface area contributed by atoms with Gasteiger partial charge < -0.3 is 10.6 Å². The van der Waals surface area contributed by atoms with Crippen LogP contribution in [-0.4, -0.2) is 18.6 Å². The van der Waals surface area contributed by atoms with Crippen LogP contribution in [0.5, 0.6) is 0 Å². The number of halogens is 1. The molecule has 0 radical (unpaired) electrons. The van der Waals surface area contributed by atoms with Crippen LogP contribution in [-0.2, 0) is 0 Å². The highest BCUT2D eigenvalue weighted by Crippen LogP contribution is 2.32. The van der Waals surface area contributed by atoms with Crippen molar-refractivity contribution in [3.8, 4) is 0 Å². The molecule has 1 saturated heterocycles. The lowest BCUT2D eigenvalue weighted by Gasteiger charge is -2.38. The van der Waals surface area contributed by atoms with Gasteiger partial charge in [-0.25, -0.2) is 4.39 Å². The van der Waals surface area contributed by atoms with Crippen LogP contribution in [0.3, 0.4) is 0 Å². The molecule has 1 aliphatic heterocycles. The van der Waals surface area contributed by atoms with Gasteiger partial charge in [-0.2, -0.15) is 0 Å². The zero-order valence-corrected chi connectivity index (χ0v) is 12.9. The lowest BCUT2D eigenvalue weighted by atomic mass is 9.79. The van der Waals surface area contributed by atoms with Gasteiger partial charge in [0.05, 0.1) is 0 Å². The summed E-state index contributed by atoms with van der Waals surface area (Å²) in [7, 11) is 0. The molecule has 1 aromatic rings. The molecule has 0 amide bonds. The molecule has 0 spiro atoms. The van der Waals surface area contributed by atoms with Gasteiger partial charge in [0.1, 0.15) is 5.82 Å². The fourth-order valence-corrected chi connectivity index (χ4v) is 4.12. The van der Waals surface area contributed by atoms with Gasteiger partial charge in [-0.1, -0.05) is 25.0 Å². The number of hydrogen-bond acceptors (Lipinski definition) is 2. The molecule has 116 valence electrons. The van der Waals surface area contributed by atoms with Crippen LogP contribution in [0.25, 0.3) is 0 Å². The van der Waals surface area contributed by atoms with Gasteiger partial charge in [0.25, 0.3) is 0 Å². The Balaban J connectivity index is 1.66. The number of nitrogens with one attached hydrogen (secondary N) is 2. The quantitative estimate of drug-likeness (QED) is 0.881. The molecule has 1 heterocycles. The summed E-state index contributed by atoms with van der Waals surface area (Å²) in [4.78, 5) is 0. The summed E-state index contributed by atoms with van der Waals surface area (Å²) in [5.74, 6) is 0.594. The van der Waals surface area contributed by atoms with E-state index >= 15 is 0 Å². The van der Waals surface area contributed by atoms with Gasteiger partial charge in [-0.05, 0) is 62.8 Å². The maximum absolute atomic E-state index is 13.4. The Hall–Kier alpha value is -0.930. The van der Waals surface area contributed by atoms with Gasteiger partial charge in [-0.15, -0.1) is 0 Å². The molecule has 0 bridgehead atoms. The summed E-state index contributed by atoms with van der Waals surface area (Å²) in [6, 6.07) is 8.46. The van der Waals surface area contributed by atoms with Crippen LogP contribution >= 0.6 is 0 Å². The van der Waals surface area contributed by atoms with Crippen LogP contribution < -0.4 is 10.6 Å². The molecule has 2 aliphatic rings. The Morgan fingerprint density at radius 2 is 2.05 bits per heavy atom. The van der Waals surface area contributed by atoms with Crippen molar-refractivity contribution in [3.05, 3.63) is 35.6 Å². The summed E-state index contributed by atoms with van der Waals surface area (Å²) >= 11 is 0. The lowest BCUT2D eigenvalue weighted by Crippen LogP contribution is -2.47. The van der Waals surface area contributed by atoms with E-state index in [1.807, 2.05) is 6.07 Å². The first-order chi connectivity index (χ1) is 10.2. The maximum Gasteiger partial charge on any atom is 0.123 e. The number of benzene rings is 1. The maximum atomic E-state index is 13.4. The van der Waals surface area contributed by atoms with Crippen molar-refractivity contribution >= 4 is 0 Å². The molecule has 4 unspecified atom stereocenters. The second kappa shape index (κ2) is 6.89. The molecule has 2 fully saturated rings. The minimum absolute atomic E-state index is 0.140. The fourth-order valence-electron chi connectivity index (χ4n) is 4.12. The highest BCUT2D eigenvalue weighted by atomic mass is 19.1. The average Bonchev–Trinajstić information content (AvgIpc) is 3.02. The van der Waals surface area contributed by atoms with Gasteiger partial charge in [0.2, 0.25) is 0 Å². The minimum Gasteiger partial charge on any atom is -0.314 e. The van der Waals surface area contributed by atoms with E-state index in [1.54, 1.807) is 12.1 Å². The summed E-state index contributed by atoms with van der Waals surface area (Å²) in [5.41, 5.74) is 1.05. The largest absolute Gasteiger partial charge is 0.314 e. The van der Waals surface area contributed by atoms with Crippen LogP contribution in [0.15, 0.2) is 24.3 Å². The predicted octanol–water partition coefficient (Wildman–Crippen LogP) is 3.79. The molecule has 1 saturated carbocycles. The van der Waals surface area contributed by atoms with E-state index in [4.69, 9.17) is 0 Å². The van der Waals surface area contributed by atoms with Crippen molar-refractivity contribution in [3.63, 3.8) is 0 Å².